The van der Waals surface area contributed by atoms with E-state index in [1.54, 1.807) is 6.92 Å². The van der Waals surface area contributed by atoms with Crippen molar-refractivity contribution in [3.63, 3.8) is 0 Å². The summed E-state index contributed by atoms with van der Waals surface area (Å²) < 4.78 is 77.8. The van der Waals surface area contributed by atoms with Crippen molar-refractivity contribution in [2.75, 3.05) is 31.1 Å². The molecule has 2 heterocycles. The molecule has 0 bridgehead atoms. The van der Waals surface area contributed by atoms with Crippen LogP contribution in [0.25, 0.3) is 0 Å². The van der Waals surface area contributed by atoms with Gasteiger partial charge in [-0.05, 0) is 25.1 Å². The monoisotopic (exact) mass is 424 g/mol. The summed E-state index contributed by atoms with van der Waals surface area (Å²) in [6.45, 7) is 2.79. The van der Waals surface area contributed by atoms with Gasteiger partial charge in [0.05, 0.1) is 11.1 Å². The number of aromatic nitrogens is 2. The topological polar surface area (TPSA) is 49.3 Å². The van der Waals surface area contributed by atoms with Crippen molar-refractivity contribution >= 4 is 22.4 Å². The zero-order valence-electron chi connectivity index (χ0n) is 14.4. The molecule has 0 radical (unpaired) electrons. The predicted octanol–water partition coefficient (Wildman–Crippen LogP) is 3.85. The molecular formula is C16H14F6N4OS. The van der Waals surface area contributed by atoms with E-state index >= 15 is 0 Å². The van der Waals surface area contributed by atoms with Crippen LogP contribution in [0.4, 0.5) is 31.5 Å². The first kappa shape index (κ1) is 20.4. The lowest BCUT2D eigenvalue weighted by Crippen LogP contribution is -2.48. The molecule has 0 unspecified atom stereocenters. The molecule has 28 heavy (non-hydrogen) atoms. The van der Waals surface area contributed by atoms with Crippen molar-refractivity contribution in [3.05, 3.63) is 39.9 Å². The van der Waals surface area contributed by atoms with E-state index in [1.807, 2.05) is 4.90 Å². The number of rotatable bonds is 2. The number of alkyl halides is 6. The van der Waals surface area contributed by atoms with Gasteiger partial charge >= 0.3 is 12.4 Å². The van der Waals surface area contributed by atoms with Gasteiger partial charge in [0.2, 0.25) is 5.13 Å². The molecule has 0 saturated carbocycles. The molecule has 3 rings (SSSR count). The fourth-order valence-electron chi connectivity index (χ4n) is 2.78. The summed E-state index contributed by atoms with van der Waals surface area (Å²) in [5.41, 5.74) is -3.65. The molecular weight excluding hydrogens is 410 g/mol. The minimum absolute atomic E-state index is 0.00646. The zero-order chi connectivity index (χ0) is 20.7. The van der Waals surface area contributed by atoms with Crippen LogP contribution in [-0.4, -0.2) is 47.2 Å². The van der Waals surface area contributed by atoms with Crippen molar-refractivity contribution in [2.24, 2.45) is 0 Å². The second-order valence-electron chi connectivity index (χ2n) is 6.18. The van der Waals surface area contributed by atoms with E-state index < -0.39 is 35.0 Å². The maximum atomic E-state index is 13.0. The first-order valence-corrected chi connectivity index (χ1v) is 8.90. The average Bonchev–Trinajstić information content (AvgIpc) is 3.06. The molecule has 1 fully saturated rings. The molecule has 1 amide bonds. The van der Waals surface area contributed by atoms with Crippen molar-refractivity contribution < 1.29 is 31.1 Å². The maximum Gasteiger partial charge on any atom is 0.416 e. The number of carbonyl (C=O) groups excluding carboxylic acids is 1. The highest BCUT2D eigenvalue weighted by Crippen LogP contribution is 2.36. The van der Waals surface area contributed by atoms with Crippen LogP contribution < -0.4 is 4.90 Å². The third kappa shape index (κ3) is 4.37. The minimum atomic E-state index is -5.00. The Labute approximate surface area is 159 Å². The fraction of sp³-hybridized carbons (Fsp3) is 0.438. The van der Waals surface area contributed by atoms with Gasteiger partial charge in [-0.1, -0.05) is 11.3 Å². The molecule has 152 valence electrons. The van der Waals surface area contributed by atoms with Gasteiger partial charge in [0.25, 0.3) is 5.91 Å². The number of halogens is 6. The molecule has 2 aromatic rings. The minimum Gasteiger partial charge on any atom is -0.343 e. The van der Waals surface area contributed by atoms with Crippen LogP contribution in [0.2, 0.25) is 0 Å². The normalized spacial score (nSPS) is 15.8. The van der Waals surface area contributed by atoms with Crippen molar-refractivity contribution in [1.29, 1.82) is 0 Å². The number of amides is 1. The van der Waals surface area contributed by atoms with E-state index in [2.05, 4.69) is 10.2 Å². The van der Waals surface area contributed by atoms with Gasteiger partial charge < -0.3 is 9.80 Å². The molecule has 0 atom stereocenters. The Morgan fingerprint density at radius 2 is 1.46 bits per heavy atom. The van der Waals surface area contributed by atoms with Crippen molar-refractivity contribution in [1.82, 2.24) is 15.1 Å². The highest BCUT2D eigenvalue weighted by Gasteiger charge is 2.38. The van der Waals surface area contributed by atoms with Crippen LogP contribution in [0.5, 0.6) is 0 Å². The summed E-state index contributed by atoms with van der Waals surface area (Å²) in [4.78, 5) is 15.7. The summed E-state index contributed by atoms with van der Waals surface area (Å²) in [5, 5.41) is 9.29. The quantitative estimate of drug-likeness (QED) is 0.688. The van der Waals surface area contributed by atoms with Crippen LogP contribution in [0.3, 0.4) is 0 Å². The molecule has 1 aliphatic rings. The molecule has 12 heteroatoms. The number of nitrogens with zero attached hydrogens (tertiary/aromatic N) is 4. The third-order valence-corrected chi connectivity index (χ3v) is 5.09. The summed E-state index contributed by atoms with van der Waals surface area (Å²) in [6, 6.07) is 0.919. The Kier molecular flexibility index (Phi) is 5.26. The second-order valence-corrected chi connectivity index (χ2v) is 7.34. The molecule has 5 nitrogen and oxygen atoms in total. The van der Waals surface area contributed by atoms with Crippen molar-refractivity contribution in [2.45, 2.75) is 19.3 Å². The Hall–Kier alpha value is -2.37. The van der Waals surface area contributed by atoms with E-state index in [1.165, 1.54) is 16.2 Å². The van der Waals surface area contributed by atoms with Gasteiger partial charge in [-0.2, -0.15) is 26.3 Å². The average molecular weight is 424 g/mol. The first-order valence-electron chi connectivity index (χ1n) is 8.09. The molecule has 1 aliphatic heterocycles. The molecule has 1 aromatic carbocycles. The maximum absolute atomic E-state index is 13.0. The third-order valence-electron chi connectivity index (χ3n) is 4.19. The number of anilines is 1. The summed E-state index contributed by atoms with van der Waals surface area (Å²) in [6.07, 6.45) is -9.99. The number of carbonyl (C=O) groups is 1. The largest absolute Gasteiger partial charge is 0.416 e. The smallest absolute Gasteiger partial charge is 0.343 e. The van der Waals surface area contributed by atoms with Gasteiger partial charge in [-0.15, -0.1) is 10.2 Å². The first-order chi connectivity index (χ1) is 12.9. The summed E-state index contributed by atoms with van der Waals surface area (Å²) in [5.74, 6) is -0.871. The zero-order valence-corrected chi connectivity index (χ0v) is 15.3. The molecule has 0 spiro atoms. The predicted molar refractivity (Wildman–Crippen MR) is 89.2 cm³/mol. The number of benzene rings is 1. The van der Waals surface area contributed by atoms with Crippen LogP contribution in [0, 0.1) is 6.92 Å². The Balaban J connectivity index is 1.80. The number of hydrogen-bond donors (Lipinski definition) is 0. The van der Waals surface area contributed by atoms with E-state index in [-0.39, 0.29) is 19.2 Å². The molecule has 1 aromatic heterocycles. The van der Waals surface area contributed by atoms with Crippen molar-refractivity contribution in [3.8, 4) is 0 Å². The van der Waals surface area contributed by atoms with E-state index in [0.29, 0.717) is 30.4 Å². The van der Waals surface area contributed by atoms with E-state index in [4.69, 9.17) is 0 Å². The lowest BCUT2D eigenvalue weighted by Gasteiger charge is -2.34. The Bertz CT molecular complexity index is 838. The summed E-state index contributed by atoms with van der Waals surface area (Å²) in [7, 11) is 0. The van der Waals surface area contributed by atoms with Gasteiger partial charge in [0.1, 0.15) is 5.01 Å². The van der Waals surface area contributed by atoms with Crippen LogP contribution in [0.1, 0.15) is 26.5 Å². The van der Waals surface area contributed by atoms with Gasteiger partial charge in [0, 0.05) is 31.7 Å². The van der Waals surface area contributed by atoms with Gasteiger partial charge in [0.15, 0.2) is 0 Å². The standard InChI is InChI=1S/C16H14F6N4OS/c1-9-23-24-14(28-9)26-4-2-25(3-5-26)13(27)10-6-11(15(17,18)19)8-12(7-10)16(20,21)22/h6-8H,2-5H2,1H3. The van der Waals surface area contributed by atoms with Gasteiger partial charge in [-0.3, -0.25) is 4.79 Å². The van der Waals surface area contributed by atoms with Crippen LogP contribution >= 0.6 is 11.3 Å². The van der Waals surface area contributed by atoms with E-state index in [0.717, 1.165) is 5.01 Å². The molecule has 0 N–H and O–H groups in total. The molecule has 1 saturated heterocycles. The lowest BCUT2D eigenvalue weighted by atomic mass is 10.0. The number of aryl methyl sites for hydroxylation is 1. The number of hydrogen-bond acceptors (Lipinski definition) is 5. The van der Waals surface area contributed by atoms with E-state index in [9.17, 15) is 31.1 Å². The van der Waals surface area contributed by atoms with Crippen LogP contribution in [-0.2, 0) is 12.4 Å². The highest BCUT2D eigenvalue weighted by molar-refractivity contribution is 7.15. The van der Waals surface area contributed by atoms with Crippen LogP contribution in [0.15, 0.2) is 18.2 Å². The SMILES string of the molecule is Cc1nnc(N2CCN(C(=O)c3cc(C(F)(F)F)cc(C(F)(F)F)c3)CC2)s1. The molecule has 0 aliphatic carbocycles. The summed E-state index contributed by atoms with van der Waals surface area (Å²) >= 11 is 1.36. The Morgan fingerprint density at radius 3 is 1.89 bits per heavy atom. The fourth-order valence-corrected chi connectivity index (χ4v) is 3.51. The lowest BCUT2D eigenvalue weighted by molar-refractivity contribution is -0.143. The Morgan fingerprint density at radius 1 is 0.929 bits per heavy atom. The van der Waals surface area contributed by atoms with Gasteiger partial charge in [-0.25, -0.2) is 0 Å². The second kappa shape index (κ2) is 7.22. The highest BCUT2D eigenvalue weighted by atomic mass is 32.1. The number of piperazine rings is 1.